The Bertz CT molecular complexity index is 661. The molecule has 32 heavy (non-hydrogen) atoms. The first kappa shape index (κ1) is 25.9. The third kappa shape index (κ3) is 7.12. The van der Waals surface area contributed by atoms with Crippen LogP contribution < -0.4 is 10.6 Å². The fourth-order valence-corrected chi connectivity index (χ4v) is 6.79. The highest BCUT2D eigenvalue weighted by molar-refractivity contribution is 8.00. The lowest BCUT2D eigenvalue weighted by Gasteiger charge is -2.41. The second-order valence-corrected chi connectivity index (χ2v) is 13.3. The summed E-state index contributed by atoms with van der Waals surface area (Å²) < 4.78 is 0.321. The molecule has 0 spiro atoms. The van der Waals surface area contributed by atoms with Gasteiger partial charge in [-0.3, -0.25) is 0 Å². The van der Waals surface area contributed by atoms with Crippen molar-refractivity contribution in [3.8, 4) is 0 Å². The van der Waals surface area contributed by atoms with Crippen LogP contribution in [0.25, 0.3) is 0 Å². The van der Waals surface area contributed by atoms with Crippen molar-refractivity contribution < 1.29 is 0 Å². The Labute approximate surface area is 205 Å². The zero-order valence-electron chi connectivity index (χ0n) is 19.9. The van der Waals surface area contributed by atoms with Gasteiger partial charge in [-0.15, -0.1) is 0 Å². The van der Waals surface area contributed by atoms with Crippen LogP contribution in [0, 0.1) is 0 Å². The average molecular weight is 483 g/mol. The van der Waals surface area contributed by atoms with Crippen LogP contribution in [0.3, 0.4) is 0 Å². The number of nitrogens with one attached hydrogen (secondary N) is 2. The molecule has 0 unspecified atom stereocenters. The zero-order chi connectivity index (χ0) is 21.8. The molecule has 4 atom stereocenters. The third-order valence-corrected chi connectivity index (χ3v) is 9.35. The van der Waals surface area contributed by atoms with Crippen molar-refractivity contribution in [2.75, 3.05) is 43.4 Å². The van der Waals surface area contributed by atoms with Crippen LogP contribution in [0.1, 0.15) is 67.2 Å². The van der Waals surface area contributed by atoms with E-state index in [1.165, 1.54) is 43.7 Å². The number of fused-ring (bicyclic) bond motifs is 2. The molecule has 0 aromatic heterocycles. The zero-order valence-corrected chi connectivity index (χ0v) is 21.5. The fraction of sp³-hybridized carbons (Fsp3) is 0.917. The molecule has 0 aliphatic carbocycles. The Hall–Kier alpha value is -0.760. The highest BCUT2D eigenvalue weighted by atomic mass is 32.2. The number of thioether (sulfide) groups is 2. The number of hydrogen-bond donors (Lipinski definition) is 2. The van der Waals surface area contributed by atoms with Crippen molar-refractivity contribution in [3.63, 3.8) is 0 Å². The minimum atomic E-state index is 0. The molecule has 0 amide bonds. The summed E-state index contributed by atoms with van der Waals surface area (Å²) in [6.45, 7) is 13.8. The van der Waals surface area contributed by atoms with E-state index in [-0.39, 0.29) is 7.43 Å². The average Bonchev–Trinajstić information content (AvgIpc) is 2.76. The summed E-state index contributed by atoms with van der Waals surface area (Å²) in [6, 6.07) is 2.08. The summed E-state index contributed by atoms with van der Waals surface area (Å²) in [5.74, 6) is 5.80. The SMILES string of the molecule is C.CC[C@H]1CCN2CC[C@H](CSC[C@H]3CCN4CC[C@H](CSC(C)(C)C)N=C4N3)NC2=N1. The molecule has 4 rings (SSSR count). The van der Waals surface area contributed by atoms with E-state index >= 15 is 0 Å². The van der Waals surface area contributed by atoms with E-state index in [1.807, 2.05) is 11.8 Å². The van der Waals surface area contributed by atoms with Gasteiger partial charge in [0, 0.05) is 60.3 Å². The van der Waals surface area contributed by atoms with Gasteiger partial charge >= 0.3 is 0 Å². The van der Waals surface area contributed by atoms with Crippen LogP contribution in [-0.2, 0) is 0 Å². The minimum absolute atomic E-state index is 0. The van der Waals surface area contributed by atoms with Crippen LogP contribution in [0.5, 0.6) is 0 Å². The molecule has 2 N–H and O–H groups in total. The van der Waals surface area contributed by atoms with Crippen molar-refractivity contribution >= 4 is 35.4 Å². The summed E-state index contributed by atoms with van der Waals surface area (Å²) in [6.07, 6.45) is 6.02. The topological polar surface area (TPSA) is 55.3 Å². The lowest BCUT2D eigenvalue weighted by molar-refractivity contribution is 0.298. The summed E-state index contributed by atoms with van der Waals surface area (Å²) in [5, 5.41) is 7.51. The summed E-state index contributed by atoms with van der Waals surface area (Å²) >= 11 is 4.13. The minimum Gasteiger partial charge on any atom is -0.353 e. The Kier molecular flexibility index (Phi) is 9.36. The first-order valence-corrected chi connectivity index (χ1v) is 14.4. The number of guanidine groups is 2. The quantitative estimate of drug-likeness (QED) is 0.574. The lowest BCUT2D eigenvalue weighted by atomic mass is 10.1. The van der Waals surface area contributed by atoms with E-state index in [9.17, 15) is 0 Å². The Morgan fingerprint density at radius 1 is 0.812 bits per heavy atom. The molecule has 0 radical (unpaired) electrons. The molecule has 4 heterocycles. The van der Waals surface area contributed by atoms with E-state index in [0.717, 1.165) is 43.7 Å². The summed E-state index contributed by atoms with van der Waals surface area (Å²) in [4.78, 5) is 14.9. The van der Waals surface area contributed by atoms with Gasteiger partial charge in [0.1, 0.15) is 0 Å². The van der Waals surface area contributed by atoms with Crippen LogP contribution in [0.4, 0.5) is 0 Å². The Balaban J connectivity index is 0.00000289. The molecule has 4 aliphatic rings. The second-order valence-electron chi connectivity index (χ2n) is 10.4. The predicted molar refractivity (Wildman–Crippen MR) is 144 cm³/mol. The standard InChI is InChI=1S/C23H42N6S2.CH4/c1-5-17-6-10-28-11-7-18(25-21(28)24-17)14-30-15-19-8-12-29-13-9-20(27-22(29)26-19)16-31-23(2,3)4;/h17-20H,5-16H2,1-4H3,(H,24,25)(H,26,27);1H4/t17-,18+,19+,20+;/m0./s1. The van der Waals surface area contributed by atoms with Gasteiger partial charge in [0.15, 0.2) is 11.9 Å². The predicted octanol–water partition coefficient (Wildman–Crippen LogP) is 3.88. The number of nitrogens with zero attached hydrogens (tertiary/aromatic N) is 4. The highest BCUT2D eigenvalue weighted by Gasteiger charge is 2.30. The monoisotopic (exact) mass is 482 g/mol. The van der Waals surface area contributed by atoms with Crippen molar-refractivity contribution in [1.82, 2.24) is 20.4 Å². The normalized spacial score (nSPS) is 30.1. The number of rotatable bonds is 7. The summed E-state index contributed by atoms with van der Waals surface area (Å²) in [7, 11) is 0. The lowest BCUT2D eigenvalue weighted by Crippen LogP contribution is -2.57. The van der Waals surface area contributed by atoms with Gasteiger partial charge in [-0.1, -0.05) is 35.1 Å². The highest BCUT2D eigenvalue weighted by Crippen LogP contribution is 2.27. The van der Waals surface area contributed by atoms with Gasteiger partial charge in [0.05, 0.1) is 12.1 Å². The van der Waals surface area contributed by atoms with E-state index in [0.29, 0.717) is 28.9 Å². The van der Waals surface area contributed by atoms with Gasteiger partial charge in [-0.05, 0) is 32.1 Å². The van der Waals surface area contributed by atoms with Crippen LogP contribution >= 0.6 is 23.5 Å². The first-order chi connectivity index (χ1) is 14.9. The number of hydrogen-bond acceptors (Lipinski definition) is 8. The maximum absolute atomic E-state index is 5.08. The molecule has 184 valence electrons. The molecule has 0 aromatic carbocycles. The van der Waals surface area contributed by atoms with Crippen LogP contribution in [0.15, 0.2) is 9.98 Å². The van der Waals surface area contributed by atoms with Gasteiger partial charge in [0.25, 0.3) is 0 Å². The van der Waals surface area contributed by atoms with E-state index in [4.69, 9.17) is 9.98 Å². The van der Waals surface area contributed by atoms with Gasteiger partial charge in [0.2, 0.25) is 0 Å². The first-order valence-electron chi connectivity index (χ1n) is 12.3. The Morgan fingerprint density at radius 2 is 1.31 bits per heavy atom. The largest absolute Gasteiger partial charge is 0.353 e. The molecule has 4 aliphatic heterocycles. The van der Waals surface area contributed by atoms with Gasteiger partial charge < -0.3 is 20.4 Å². The Morgan fingerprint density at radius 3 is 1.84 bits per heavy atom. The second kappa shape index (κ2) is 11.6. The molecule has 8 heteroatoms. The van der Waals surface area contributed by atoms with E-state index < -0.39 is 0 Å². The van der Waals surface area contributed by atoms with Crippen LogP contribution in [-0.4, -0.2) is 94.1 Å². The van der Waals surface area contributed by atoms with Gasteiger partial charge in [-0.2, -0.15) is 23.5 Å². The van der Waals surface area contributed by atoms with E-state index in [1.54, 1.807) is 0 Å². The van der Waals surface area contributed by atoms with Crippen molar-refractivity contribution in [3.05, 3.63) is 0 Å². The van der Waals surface area contributed by atoms with Crippen molar-refractivity contribution in [2.45, 2.75) is 96.1 Å². The molecule has 2 fully saturated rings. The van der Waals surface area contributed by atoms with Crippen molar-refractivity contribution in [2.24, 2.45) is 9.98 Å². The summed E-state index contributed by atoms with van der Waals surface area (Å²) in [5.41, 5.74) is 0. The van der Waals surface area contributed by atoms with Gasteiger partial charge in [-0.25, -0.2) is 9.98 Å². The van der Waals surface area contributed by atoms with Crippen molar-refractivity contribution in [1.29, 1.82) is 0 Å². The molecule has 6 nitrogen and oxygen atoms in total. The molecular weight excluding hydrogens is 436 g/mol. The fourth-order valence-electron chi connectivity index (χ4n) is 4.65. The molecule has 2 saturated heterocycles. The molecule has 0 bridgehead atoms. The van der Waals surface area contributed by atoms with Crippen LogP contribution in [0.2, 0.25) is 0 Å². The third-order valence-electron chi connectivity index (χ3n) is 6.65. The molecule has 0 saturated carbocycles. The molecular formula is C24H46N6S2. The van der Waals surface area contributed by atoms with E-state index in [2.05, 4.69) is 59.9 Å². The maximum atomic E-state index is 5.08. The smallest absolute Gasteiger partial charge is 0.194 e. The molecule has 0 aromatic rings. The number of aliphatic imine (C=N–C) groups is 2. The maximum Gasteiger partial charge on any atom is 0.194 e.